The molecule has 0 saturated heterocycles. The standard InChI is InChI=1S/C17H12Cl3F2N3O3/c1-3-27-16(26)9(7-23)4-8-5-10(12(19)6-11(8)18)14-13(20)15(25(2)24-14)28-17(21)22/h4-6,17H,3H2,1-2H3/b9-4+. The van der Waals surface area contributed by atoms with Crippen LogP contribution in [0.3, 0.4) is 0 Å². The van der Waals surface area contributed by atoms with Crippen molar-refractivity contribution < 1.29 is 23.0 Å². The zero-order chi connectivity index (χ0) is 21.0. The molecule has 0 unspecified atom stereocenters. The third kappa shape index (κ3) is 4.73. The van der Waals surface area contributed by atoms with Gasteiger partial charge in [0.2, 0.25) is 5.88 Å². The second kappa shape index (κ2) is 9.24. The van der Waals surface area contributed by atoms with Gasteiger partial charge in [0.15, 0.2) is 0 Å². The Bertz CT molecular complexity index is 984. The van der Waals surface area contributed by atoms with Crippen molar-refractivity contribution in [2.75, 3.05) is 6.61 Å². The van der Waals surface area contributed by atoms with Gasteiger partial charge in [0.25, 0.3) is 0 Å². The highest BCUT2D eigenvalue weighted by Crippen LogP contribution is 2.40. The van der Waals surface area contributed by atoms with Gasteiger partial charge >= 0.3 is 12.6 Å². The Morgan fingerprint density at radius 1 is 1.36 bits per heavy atom. The molecule has 0 spiro atoms. The molecule has 2 aromatic rings. The molecular weight excluding hydrogens is 439 g/mol. The Morgan fingerprint density at radius 2 is 2.04 bits per heavy atom. The van der Waals surface area contributed by atoms with E-state index in [1.54, 1.807) is 13.0 Å². The number of nitriles is 1. The average Bonchev–Trinajstić information content (AvgIpc) is 2.89. The van der Waals surface area contributed by atoms with E-state index in [0.717, 1.165) is 4.68 Å². The fraction of sp³-hybridized carbons (Fsp3) is 0.235. The maximum absolute atomic E-state index is 12.6. The maximum Gasteiger partial charge on any atom is 0.388 e. The lowest BCUT2D eigenvalue weighted by molar-refractivity contribution is -0.137. The minimum absolute atomic E-state index is 0.0609. The molecule has 0 aliphatic carbocycles. The Kier molecular flexibility index (Phi) is 7.24. The van der Waals surface area contributed by atoms with E-state index >= 15 is 0 Å². The van der Waals surface area contributed by atoms with Crippen LogP contribution >= 0.6 is 34.8 Å². The van der Waals surface area contributed by atoms with Crippen molar-refractivity contribution in [1.29, 1.82) is 5.26 Å². The summed E-state index contributed by atoms with van der Waals surface area (Å²) >= 11 is 18.5. The first-order valence-electron chi connectivity index (χ1n) is 7.65. The minimum Gasteiger partial charge on any atom is -0.462 e. The summed E-state index contributed by atoms with van der Waals surface area (Å²) in [5.74, 6) is -1.17. The van der Waals surface area contributed by atoms with Gasteiger partial charge in [-0.25, -0.2) is 9.48 Å². The predicted molar refractivity (Wildman–Crippen MR) is 101 cm³/mol. The molecule has 0 N–H and O–H groups in total. The van der Waals surface area contributed by atoms with E-state index in [1.807, 2.05) is 0 Å². The highest BCUT2D eigenvalue weighted by molar-refractivity contribution is 6.39. The molecule has 28 heavy (non-hydrogen) atoms. The van der Waals surface area contributed by atoms with E-state index < -0.39 is 12.6 Å². The molecule has 2 rings (SSSR count). The van der Waals surface area contributed by atoms with Crippen molar-refractivity contribution in [2.45, 2.75) is 13.5 Å². The Labute approximate surface area is 173 Å². The molecule has 0 bridgehead atoms. The fourth-order valence-corrected chi connectivity index (χ4v) is 3.06. The van der Waals surface area contributed by atoms with Gasteiger partial charge in [-0.3, -0.25) is 0 Å². The van der Waals surface area contributed by atoms with Crippen molar-refractivity contribution in [3.05, 3.63) is 38.3 Å². The molecule has 0 atom stereocenters. The number of carbonyl (C=O) groups is 1. The average molecular weight is 451 g/mol. The van der Waals surface area contributed by atoms with E-state index in [1.165, 1.54) is 25.3 Å². The van der Waals surface area contributed by atoms with Crippen molar-refractivity contribution in [1.82, 2.24) is 9.78 Å². The van der Waals surface area contributed by atoms with Crippen molar-refractivity contribution in [3.63, 3.8) is 0 Å². The highest BCUT2D eigenvalue weighted by atomic mass is 35.5. The Hall–Kier alpha value is -2.34. The summed E-state index contributed by atoms with van der Waals surface area (Å²) < 4.78 is 35.3. The van der Waals surface area contributed by atoms with Gasteiger partial charge in [0, 0.05) is 17.6 Å². The van der Waals surface area contributed by atoms with Crippen LogP contribution in [0.2, 0.25) is 15.1 Å². The second-order valence-corrected chi connectivity index (χ2v) is 6.41. The monoisotopic (exact) mass is 449 g/mol. The summed E-state index contributed by atoms with van der Waals surface area (Å²) in [5, 5.41) is 13.3. The van der Waals surface area contributed by atoms with Crippen molar-refractivity contribution in [2.24, 2.45) is 7.05 Å². The van der Waals surface area contributed by atoms with Gasteiger partial charge in [0.05, 0.1) is 11.6 Å². The molecule has 1 aromatic heterocycles. The van der Waals surface area contributed by atoms with Crippen LogP contribution in [0.1, 0.15) is 12.5 Å². The normalized spacial score (nSPS) is 11.5. The first-order chi connectivity index (χ1) is 13.2. The van der Waals surface area contributed by atoms with Gasteiger partial charge in [-0.2, -0.15) is 19.1 Å². The van der Waals surface area contributed by atoms with Crippen LogP contribution in [-0.4, -0.2) is 29.0 Å². The number of benzene rings is 1. The molecule has 0 radical (unpaired) electrons. The van der Waals surface area contributed by atoms with Crippen molar-refractivity contribution in [3.8, 4) is 23.2 Å². The molecule has 0 amide bonds. The number of aryl methyl sites for hydroxylation is 1. The van der Waals surface area contributed by atoms with Gasteiger partial charge in [0.1, 0.15) is 22.4 Å². The molecule has 1 aromatic carbocycles. The lowest BCUT2D eigenvalue weighted by atomic mass is 10.1. The van der Waals surface area contributed by atoms with E-state index in [4.69, 9.17) is 39.5 Å². The number of aromatic nitrogens is 2. The quantitative estimate of drug-likeness (QED) is 0.347. The van der Waals surface area contributed by atoms with Crippen LogP contribution in [0, 0.1) is 11.3 Å². The van der Waals surface area contributed by atoms with E-state index in [9.17, 15) is 18.8 Å². The summed E-state index contributed by atoms with van der Waals surface area (Å²) in [7, 11) is 1.37. The number of esters is 1. The number of alkyl halides is 2. The van der Waals surface area contributed by atoms with Crippen LogP contribution < -0.4 is 4.74 Å². The summed E-state index contributed by atoms with van der Waals surface area (Å²) in [5.41, 5.74) is 0.267. The summed E-state index contributed by atoms with van der Waals surface area (Å²) in [6.07, 6.45) is 1.22. The number of hydrogen-bond acceptors (Lipinski definition) is 5. The molecule has 0 saturated carbocycles. The third-order valence-electron chi connectivity index (χ3n) is 3.40. The SMILES string of the molecule is CCOC(=O)/C(C#N)=C/c1cc(-c2nn(C)c(OC(F)F)c2Cl)c(Cl)cc1Cl. The number of carbonyl (C=O) groups excluding carboxylic acids is 1. The Morgan fingerprint density at radius 3 is 2.61 bits per heavy atom. The number of rotatable bonds is 6. The molecule has 11 heteroatoms. The van der Waals surface area contributed by atoms with Crippen LogP contribution in [0.15, 0.2) is 17.7 Å². The minimum atomic E-state index is -3.09. The second-order valence-electron chi connectivity index (χ2n) is 5.21. The predicted octanol–water partition coefficient (Wildman–Crippen LogP) is 5.12. The van der Waals surface area contributed by atoms with Gasteiger partial charge in [-0.15, -0.1) is 0 Å². The number of halogens is 5. The molecule has 0 aliphatic rings. The van der Waals surface area contributed by atoms with E-state index in [2.05, 4.69) is 9.84 Å². The van der Waals surface area contributed by atoms with E-state index in [0.29, 0.717) is 0 Å². The fourth-order valence-electron chi connectivity index (χ4n) is 2.23. The largest absolute Gasteiger partial charge is 0.462 e. The number of hydrogen-bond donors (Lipinski definition) is 0. The van der Waals surface area contributed by atoms with Gasteiger partial charge in [-0.1, -0.05) is 34.8 Å². The zero-order valence-corrected chi connectivity index (χ0v) is 16.7. The highest BCUT2D eigenvalue weighted by Gasteiger charge is 2.23. The maximum atomic E-state index is 12.6. The first-order valence-corrected chi connectivity index (χ1v) is 8.78. The van der Waals surface area contributed by atoms with Crippen LogP contribution in [0.25, 0.3) is 17.3 Å². The van der Waals surface area contributed by atoms with Gasteiger partial charge in [-0.05, 0) is 30.7 Å². The van der Waals surface area contributed by atoms with Crippen LogP contribution in [0.5, 0.6) is 5.88 Å². The molecule has 148 valence electrons. The van der Waals surface area contributed by atoms with Gasteiger partial charge < -0.3 is 9.47 Å². The molecule has 1 heterocycles. The van der Waals surface area contributed by atoms with E-state index in [-0.39, 0.29) is 49.9 Å². The Balaban J connectivity index is 2.59. The van der Waals surface area contributed by atoms with Crippen molar-refractivity contribution >= 4 is 46.8 Å². The van der Waals surface area contributed by atoms with Crippen LogP contribution in [-0.2, 0) is 16.6 Å². The number of ether oxygens (including phenoxy) is 2. The smallest absolute Gasteiger partial charge is 0.388 e. The lowest BCUT2D eigenvalue weighted by Gasteiger charge is -2.07. The zero-order valence-electron chi connectivity index (χ0n) is 14.5. The summed E-state index contributed by atoms with van der Waals surface area (Å²) in [6, 6.07) is 4.50. The molecule has 0 aliphatic heterocycles. The summed E-state index contributed by atoms with van der Waals surface area (Å²) in [6.45, 7) is -1.40. The number of nitrogens with zero attached hydrogens (tertiary/aromatic N) is 3. The summed E-state index contributed by atoms with van der Waals surface area (Å²) in [4.78, 5) is 11.8. The molecular formula is C17H12Cl3F2N3O3. The van der Waals surface area contributed by atoms with Crippen LogP contribution in [0.4, 0.5) is 8.78 Å². The third-order valence-corrected chi connectivity index (χ3v) is 4.38. The topological polar surface area (TPSA) is 77.1 Å². The molecule has 0 fully saturated rings. The first kappa shape index (κ1) is 22.0. The lowest BCUT2D eigenvalue weighted by Crippen LogP contribution is -2.06. The molecule has 6 nitrogen and oxygen atoms in total.